The molecule has 2 atom stereocenters. The van der Waals surface area contributed by atoms with E-state index in [1.165, 1.54) is 0 Å². The zero-order valence-electron chi connectivity index (χ0n) is 24.2. The Balaban J connectivity index is 1.26. The number of aliphatic hydroxyl groups excluding tert-OH is 1. The van der Waals surface area contributed by atoms with Crippen LogP contribution in [0.3, 0.4) is 0 Å². The Labute approximate surface area is 249 Å². The highest BCUT2D eigenvalue weighted by molar-refractivity contribution is 5.97. The van der Waals surface area contributed by atoms with Gasteiger partial charge in [-0.2, -0.15) is 5.26 Å². The number of carbonyl (C=O) groups is 1. The average molecular weight is 583 g/mol. The molecule has 1 amide bonds. The Kier molecular flexibility index (Phi) is 8.29. The molecule has 0 radical (unpaired) electrons. The maximum absolute atomic E-state index is 13.0. The van der Waals surface area contributed by atoms with Crippen LogP contribution in [0.5, 0.6) is 11.5 Å². The molecule has 4 aromatic rings. The standard InChI is InChI=1S/C33H34N4O6/c1-37-18-23(15-24(37)19-38)36-33(39)21-3-5-27(30(14-21)40-2)31-16-28-32(43-31)26(7-10-35-28)20-4-6-29(22(13-20)17-34)42-25-8-11-41-12-9-25/h3-7,10,13-14,16,23-25,38H,8-9,11-12,15,18-19H2,1-2H3,(H,36,39)/t23-,24+/m0/s1. The molecule has 2 N–H and O–H groups in total. The number of aromatic nitrogens is 1. The molecule has 0 unspecified atom stereocenters. The van der Waals surface area contributed by atoms with E-state index in [2.05, 4.69) is 21.3 Å². The van der Waals surface area contributed by atoms with Gasteiger partial charge in [0.25, 0.3) is 5.91 Å². The first-order valence-corrected chi connectivity index (χ1v) is 14.4. The number of pyridine rings is 1. The topological polar surface area (TPSA) is 130 Å². The van der Waals surface area contributed by atoms with E-state index in [4.69, 9.17) is 18.6 Å². The molecular formula is C33H34N4O6. The van der Waals surface area contributed by atoms with Gasteiger partial charge in [-0.25, -0.2) is 0 Å². The van der Waals surface area contributed by atoms with Gasteiger partial charge in [-0.15, -0.1) is 0 Å². The van der Waals surface area contributed by atoms with Gasteiger partial charge in [0.15, 0.2) is 5.58 Å². The van der Waals surface area contributed by atoms with Crippen molar-refractivity contribution in [1.29, 1.82) is 5.26 Å². The zero-order chi connectivity index (χ0) is 29.9. The lowest BCUT2D eigenvalue weighted by Gasteiger charge is -2.23. The number of hydrogen-bond donors (Lipinski definition) is 2. The number of likely N-dealkylation sites (N-methyl/N-ethyl adjacent to an activating group) is 1. The van der Waals surface area contributed by atoms with Crippen LogP contribution in [0.1, 0.15) is 35.2 Å². The van der Waals surface area contributed by atoms with Crippen LogP contribution in [0, 0.1) is 11.3 Å². The van der Waals surface area contributed by atoms with Crippen LogP contribution in [-0.2, 0) is 4.74 Å². The van der Waals surface area contributed by atoms with Crippen molar-refractivity contribution < 1.29 is 28.5 Å². The van der Waals surface area contributed by atoms with Crippen molar-refractivity contribution in [3.8, 4) is 40.0 Å². The fourth-order valence-electron chi connectivity index (χ4n) is 5.86. The SMILES string of the molecule is COc1cc(C(=O)N[C@H]2C[C@H](CO)N(C)C2)ccc1-c1cc2nccc(-c3ccc(OC4CCOCC4)c(C#N)c3)c2o1. The Morgan fingerprint density at radius 2 is 1.98 bits per heavy atom. The zero-order valence-corrected chi connectivity index (χ0v) is 24.2. The van der Waals surface area contributed by atoms with E-state index < -0.39 is 0 Å². The van der Waals surface area contributed by atoms with Crippen molar-refractivity contribution in [3.05, 3.63) is 65.9 Å². The third-order valence-corrected chi connectivity index (χ3v) is 8.25. The van der Waals surface area contributed by atoms with Gasteiger partial charge in [0.05, 0.1) is 38.1 Å². The average Bonchev–Trinajstić information content (AvgIpc) is 3.64. The normalized spacial score (nSPS) is 19.3. The van der Waals surface area contributed by atoms with Crippen LogP contribution in [0.2, 0.25) is 0 Å². The molecule has 4 heterocycles. The Morgan fingerprint density at radius 1 is 1.14 bits per heavy atom. The second-order valence-corrected chi connectivity index (χ2v) is 11.0. The number of hydrogen-bond acceptors (Lipinski definition) is 9. The maximum atomic E-state index is 13.0. The van der Waals surface area contributed by atoms with E-state index in [1.54, 1.807) is 31.5 Å². The highest BCUT2D eigenvalue weighted by atomic mass is 16.5. The molecule has 0 bridgehead atoms. The lowest BCUT2D eigenvalue weighted by Crippen LogP contribution is -2.36. The van der Waals surface area contributed by atoms with Crippen LogP contribution in [-0.4, -0.2) is 79.6 Å². The maximum Gasteiger partial charge on any atom is 0.251 e. The van der Waals surface area contributed by atoms with E-state index in [0.717, 1.165) is 24.0 Å². The molecule has 43 heavy (non-hydrogen) atoms. The summed E-state index contributed by atoms with van der Waals surface area (Å²) in [5.74, 6) is 1.40. The van der Waals surface area contributed by atoms with Crippen LogP contribution in [0.25, 0.3) is 33.6 Å². The number of aliphatic hydroxyl groups is 1. The van der Waals surface area contributed by atoms with Crippen LogP contribution < -0.4 is 14.8 Å². The molecule has 2 aliphatic heterocycles. The van der Waals surface area contributed by atoms with Crippen molar-refractivity contribution in [2.45, 2.75) is 37.5 Å². The number of furan rings is 1. The first-order chi connectivity index (χ1) is 21.0. The first kappa shape index (κ1) is 28.7. The summed E-state index contributed by atoms with van der Waals surface area (Å²) in [5, 5.41) is 22.5. The van der Waals surface area contributed by atoms with E-state index in [-0.39, 0.29) is 30.7 Å². The van der Waals surface area contributed by atoms with Gasteiger partial charge < -0.3 is 29.1 Å². The third kappa shape index (κ3) is 5.92. The minimum Gasteiger partial charge on any atom is -0.496 e. The molecule has 0 saturated carbocycles. The summed E-state index contributed by atoms with van der Waals surface area (Å²) >= 11 is 0. The molecule has 2 aromatic heterocycles. The summed E-state index contributed by atoms with van der Waals surface area (Å²) in [5.41, 5.74) is 4.44. The number of carbonyl (C=O) groups excluding carboxylic acids is 1. The van der Waals surface area contributed by atoms with Crippen LogP contribution >= 0.6 is 0 Å². The Bertz CT molecular complexity index is 1670. The second kappa shape index (κ2) is 12.4. The largest absolute Gasteiger partial charge is 0.496 e. The third-order valence-electron chi connectivity index (χ3n) is 8.25. The molecule has 222 valence electrons. The van der Waals surface area contributed by atoms with Gasteiger partial charge in [-0.1, -0.05) is 6.07 Å². The number of amides is 1. The number of likely N-dealkylation sites (tertiary alicyclic amines) is 1. The number of nitrogens with zero attached hydrogens (tertiary/aromatic N) is 3. The number of benzene rings is 2. The number of fused-ring (bicyclic) bond motifs is 1. The second-order valence-electron chi connectivity index (χ2n) is 11.0. The van der Waals surface area contributed by atoms with E-state index >= 15 is 0 Å². The van der Waals surface area contributed by atoms with Gasteiger partial charge >= 0.3 is 0 Å². The van der Waals surface area contributed by atoms with Crippen molar-refractivity contribution >= 4 is 17.0 Å². The first-order valence-electron chi connectivity index (χ1n) is 14.4. The van der Waals surface area contributed by atoms with Crippen molar-refractivity contribution in [1.82, 2.24) is 15.2 Å². The molecule has 10 nitrogen and oxygen atoms in total. The number of rotatable bonds is 8. The molecular weight excluding hydrogens is 548 g/mol. The summed E-state index contributed by atoms with van der Waals surface area (Å²) in [6, 6.07) is 16.8. The van der Waals surface area contributed by atoms with E-state index in [0.29, 0.717) is 71.2 Å². The minimum atomic E-state index is -0.201. The van der Waals surface area contributed by atoms with Gasteiger partial charge in [0.2, 0.25) is 0 Å². The summed E-state index contributed by atoms with van der Waals surface area (Å²) in [6.45, 7) is 2.06. The van der Waals surface area contributed by atoms with Gasteiger partial charge in [0.1, 0.15) is 34.9 Å². The summed E-state index contributed by atoms with van der Waals surface area (Å²) in [4.78, 5) is 19.6. The summed E-state index contributed by atoms with van der Waals surface area (Å²) in [6.07, 6.45) is 4.03. The highest BCUT2D eigenvalue weighted by Crippen LogP contribution is 2.38. The molecule has 2 saturated heterocycles. The predicted molar refractivity (Wildman–Crippen MR) is 160 cm³/mol. The molecule has 2 fully saturated rings. The van der Waals surface area contributed by atoms with Gasteiger partial charge in [0, 0.05) is 54.9 Å². The molecule has 0 aliphatic carbocycles. The fraction of sp³-hybridized carbons (Fsp3) is 0.364. The lowest BCUT2D eigenvalue weighted by molar-refractivity contribution is 0.0254. The summed E-state index contributed by atoms with van der Waals surface area (Å²) in [7, 11) is 3.50. The van der Waals surface area contributed by atoms with Crippen molar-refractivity contribution in [2.24, 2.45) is 0 Å². The summed E-state index contributed by atoms with van der Waals surface area (Å²) < 4.78 is 23.6. The van der Waals surface area contributed by atoms with Crippen LogP contribution in [0.4, 0.5) is 0 Å². The molecule has 0 spiro atoms. The lowest BCUT2D eigenvalue weighted by atomic mass is 10.0. The molecule has 2 aromatic carbocycles. The van der Waals surface area contributed by atoms with Gasteiger partial charge in [-0.3, -0.25) is 14.7 Å². The monoisotopic (exact) mass is 582 g/mol. The fourth-order valence-corrected chi connectivity index (χ4v) is 5.86. The predicted octanol–water partition coefficient (Wildman–Crippen LogP) is 4.39. The Morgan fingerprint density at radius 3 is 2.72 bits per heavy atom. The van der Waals surface area contributed by atoms with E-state index in [1.807, 2.05) is 37.4 Å². The highest BCUT2D eigenvalue weighted by Gasteiger charge is 2.30. The van der Waals surface area contributed by atoms with E-state index in [9.17, 15) is 15.2 Å². The Hall–Kier alpha value is -4.43. The van der Waals surface area contributed by atoms with Gasteiger partial charge in [-0.05, 0) is 55.4 Å². The quantitative estimate of drug-likeness (QED) is 0.311. The van der Waals surface area contributed by atoms with Crippen molar-refractivity contribution in [3.63, 3.8) is 0 Å². The number of methoxy groups -OCH3 is 1. The molecule has 10 heteroatoms. The number of nitrogens with one attached hydrogen (secondary N) is 1. The minimum absolute atomic E-state index is 0.0300. The number of nitriles is 1. The number of ether oxygens (including phenoxy) is 3. The molecule has 6 rings (SSSR count). The van der Waals surface area contributed by atoms with Crippen LogP contribution in [0.15, 0.2) is 59.1 Å². The smallest absolute Gasteiger partial charge is 0.251 e. The van der Waals surface area contributed by atoms with Crippen molar-refractivity contribution in [2.75, 3.05) is 40.5 Å². The molecule has 2 aliphatic rings.